The number of urea groups is 1. The number of nitrogens with zero attached hydrogens (tertiary/aromatic N) is 1. The average Bonchev–Trinajstić information content (AvgIpc) is 2.90. The first-order valence-electron chi connectivity index (χ1n) is 9.58. The highest BCUT2D eigenvalue weighted by Crippen LogP contribution is 2.38. The summed E-state index contributed by atoms with van der Waals surface area (Å²) in [6, 6.07) is 4.38. The molecule has 29 heavy (non-hydrogen) atoms. The molecule has 4 amide bonds. The van der Waals surface area contributed by atoms with Crippen LogP contribution in [0.15, 0.2) is 18.2 Å². The number of aryl methyl sites for hydroxylation is 1. The SMILES string of the molecule is Cc1cc(Cl)ccc1NC(=O)COC(=O)CN1C(=O)N[C@@]2(CCCC[C@@H]2C)C1=O. The van der Waals surface area contributed by atoms with Crippen molar-refractivity contribution in [1.82, 2.24) is 10.2 Å². The van der Waals surface area contributed by atoms with Crippen LogP contribution in [0.1, 0.15) is 38.2 Å². The average molecular weight is 422 g/mol. The second kappa shape index (κ2) is 8.41. The van der Waals surface area contributed by atoms with Gasteiger partial charge in [0.25, 0.3) is 11.8 Å². The molecule has 0 radical (unpaired) electrons. The van der Waals surface area contributed by atoms with E-state index in [1.54, 1.807) is 25.1 Å². The number of benzene rings is 1. The molecule has 2 fully saturated rings. The number of hydrogen-bond acceptors (Lipinski definition) is 5. The molecule has 0 aromatic heterocycles. The molecular weight excluding hydrogens is 398 g/mol. The van der Waals surface area contributed by atoms with Gasteiger partial charge in [0.05, 0.1) is 0 Å². The van der Waals surface area contributed by atoms with Crippen LogP contribution >= 0.6 is 11.6 Å². The molecule has 8 nitrogen and oxygen atoms in total. The van der Waals surface area contributed by atoms with E-state index < -0.39 is 42.5 Å². The zero-order chi connectivity index (χ0) is 21.2. The monoisotopic (exact) mass is 421 g/mol. The van der Waals surface area contributed by atoms with Crippen LogP contribution in [0.2, 0.25) is 5.02 Å². The summed E-state index contributed by atoms with van der Waals surface area (Å²) in [5, 5.41) is 5.94. The van der Waals surface area contributed by atoms with Crippen molar-refractivity contribution in [2.24, 2.45) is 5.92 Å². The molecule has 0 unspecified atom stereocenters. The lowest BCUT2D eigenvalue weighted by Crippen LogP contribution is -2.54. The molecular formula is C20H24ClN3O5. The Morgan fingerprint density at radius 1 is 1.34 bits per heavy atom. The Morgan fingerprint density at radius 3 is 2.79 bits per heavy atom. The molecule has 0 bridgehead atoms. The predicted molar refractivity (Wildman–Crippen MR) is 106 cm³/mol. The van der Waals surface area contributed by atoms with Crippen molar-refractivity contribution in [3.8, 4) is 0 Å². The topological polar surface area (TPSA) is 105 Å². The molecule has 1 aromatic carbocycles. The van der Waals surface area contributed by atoms with E-state index in [1.165, 1.54) is 0 Å². The van der Waals surface area contributed by atoms with Crippen LogP contribution in [0.25, 0.3) is 0 Å². The molecule has 1 aromatic rings. The maximum atomic E-state index is 12.8. The molecule has 156 valence electrons. The van der Waals surface area contributed by atoms with Crippen LogP contribution in [-0.2, 0) is 19.1 Å². The summed E-state index contributed by atoms with van der Waals surface area (Å²) in [7, 11) is 0. The van der Waals surface area contributed by atoms with Gasteiger partial charge in [0.1, 0.15) is 12.1 Å². The van der Waals surface area contributed by atoms with Crippen LogP contribution in [0, 0.1) is 12.8 Å². The largest absolute Gasteiger partial charge is 0.454 e. The van der Waals surface area contributed by atoms with Gasteiger partial charge in [0.2, 0.25) is 0 Å². The minimum Gasteiger partial charge on any atom is -0.454 e. The van der Waals surface area contributed by atoms with E-state index >= 15 is 0 Å². The Morgan fingerprint density at radius 2 is 2.10 bits per heavy atom. The fraction of sp³-hybridized carbons (Fsp3) is 0.500. The van der Waals surface area contributed by atoms with Crippen molar-refractivity contribution in [2.45, 2.75) is 45.1 Å². The van der Waals surface area contributed by atoms with E-state index in [0.717, 1.165) is 29.7 Å². The van der Waals surface area contributed by atoms with Gasteiger partial charge in [-0.25, -0.2) is 4.79 Å². The molecule has 1 spiro atoms. The third-order valence-corrected chi connectivity index (χ3v) is 5.85. The van der Waals surface area contributed by atoms with Crippen molar-refractivity contribution in [3.05, 3.63) is 28.8 Å². The van der Waals surface area contributed by atoms with Crippen molar-refractivity contribution >= 4 is 41.1 Å². The van der Waals surface area contributed by atoms with Crippen molar-refractivity contribution < 1.29 is 23.9 Å². The van der Waals surface area contributed by atoms with Gasteiger partial charge in [-0.2, -0.15) is 0 Å². The summed E-state index contributed by atoms with van der Waals surface area (Å²) < 4.78 is 4.95. The van der Waals surface area contributed by atoms with Gasteiger partial charge in [-0.15, -0.1) is 0 Å². The third kappa shape index (κ3) is 4.37. The fourth-order valence-electron chi connectivity index (χ4n) is 3.91. The zero-order valence-corrected chi connectivity index (χ0v) is 17.2. The number of rotatable bonds is 5. The molecule has 9 heteroatoms. The van der Waals surface area contributed by atoms with Crippen LogP contribution in [0.5, 0.6) is 0 Å². The van der Waals surface area contributed by atoms with E-state index in [4.69, 9.17) is 16.3 Å². The summed E-state index contributed by atoms with van der Waals surface area (Å²) in [5.74, 6) is -1.75. The molecule has 1 heterocycles. The fourth-order valence-corrected chi connectivity index (χ4v) is 4.14. The first kappa shape index (κ1) is 21.1. The molecule has 3 rings (SSSR count). The lowest BCUT2D eigenvalue weighted by atomic mass is 9.73. The van der Waals surface area contributed by atoms with Gasteiger partial charge in [0, 0.05) is 10.7 Å². The Labute approximate surface area is 173 Å². The number of ether oxygens (including phenoxy) is 1. The van der Waals surface area contributed by atoms with Crippen LogP contribution in [0.3, 0.4) is 0 Å². The second-order valence-corrected chi connectivity index (χ2v) is 8.04. The molecule has 2 N–H and O–H groups in total. The van der Waals surface area contributed by atoms with Gasteiger partial charge in [-0.3, -0.25) is 19.3 Å². The lowest BCUT2D eigenvalue weighted by molar-refractivity contribution is -0.150. The van der Waals surface area contributed by atoms with Crippen LogP contribution in [-0.4, -0.2) is 47.4 Å². The van der Waals surface area contributed by atoms with E-state index in [-0.39, 0.29) is 5.92 Å². The van der Waals surface area contributed by atoms with Gasteiger partial charge >= 0.3 is 12.0 Å². The summed E-state index contributed by atoms with van der Waals surface area (Å²) >= 11 is 5.88. The van der Waals surface area contributed by atoms with Gasteiger partial charge in [-0.05, 0) is 49.4 Å². The minimum atomic E-state index is -0.931. The maximum Gasteiger partial charge on any atom is 0.326 e. The van der Waals surface area contributed by atoms with E-state index in [1.807, 2.05) is 6.92 Å². The number of amides is 4. The zero-order valence-electron chi connectivity index (χ0n) is 16.4. The van der Waals surface area contributed by atoms with E-state index in [2.05, 4.69) is 10.6 Å². The highest BCUT2D eigenvalue weighted by Gasteiger charge is 2.55. The van der Waals surface area contributed by atoms with Crippen molar-refractivity contribution in [2.75, 3.05) is 18.5 Å². The number of halogens is 1. The number of nitrogens with one attached hydrogen (secondary N) is 2. The smallest absolute Gasteiger partial charge is 0.326 e. The second-order valence-electron chi connectivity index (χ2n) is 7.61. The molecule has 1 saturated heterocycles. The van der Waals surface area contributed by atoms with E-state index in [0.29, 0.717) is 17.1 Å². The molecule has 2 aliphatic rings. The van der Waals surface area contributed by atoms with Crippen molar-refractivity contribution in [3.63, 3.8) is 0 Å². The Bertz CT molecular complexity index is 859. The summed E-state index contributed by atoms with van der Waals surface area (Å²) in [6.45, 7) is 2.67. The highest BCUT2D eigenvalue weighted by atomic mass is 35.5. The number of imide groups is 1. The number of carbonyl (C=O) groups excluding carboxylic acids is 4. The molecule has 1 saturated carbocycles. The Balaban J connectivity index is 1.53. The van der Waals surface area contributed by atoms with Crippen molar-refractivity contribution in [1.29, 1.82) is 0 Å². The Kier molecular flexibility index (Phi) is 6.12. The first-order chi connectivity index (χ1) is 13.7. The predicted octanol–water partition coefficient (Wildman–Crippen LogP) is 2.63. The summed E-state index contributed by atoms with van der Waals surface area (Å²) in [6.07, 6.45) is 3.26. The normalized spacial score (nSPS) is 23.8. The van der Waals surface area contributed by atoms with E-state index in [9.17, 15) is 19.2 Å². The standard InChI is InChI=1S/C20H24ClN3O5/c1-12-9-14(21)6-7-15(12)22-16(25)11-29-17(26)10-24-18(27)20(23-19(24)28)8-4-3-5-13(20)2/h6-7,9,13H,3-5,8,10-11H2,1-2H3,(H,22,25)(H,23,28)/t13-,20+/m0/s1. The highest BCUT2D eigenvalue weighted by molar-refractivity contribution is 6.30. The minimum absolute atomic E-state index is 0.00196. The summed E-state index contributed by atoms with van der Waals surface area (Å²) in [5.41, 5.74) is 0.389. The quantitative estimate of drug-likeness (QED) is 0.561. The summed E-state index contributed by atoms with van der Waals surface area (Å²) in [4.78, 5) is 50.1. The maximum absolute atomic E-state index is 12.8. The number of hydrogen-bond donors (Lipinski definition) is 2. The lowest BCUT2D eigenvalue weighted by Gasteiger charge is -2.36. The molecule has 1 aliphatic carbocycles. The van der Waals surface area contributed by atoms with Gasteiger partial charge < -0.3 is 15.4 Å². The molecule has 1 aliphatic heterocycles. The van der Waals surface area contributed by atoms with Gasteiger partial charge in [-0.1, -0.05) is 31.4 Å². The first-order valence-corrected chi connectivity index (χ1v) is 9.96. The number of carbonyl (C=O) groups is 4. The van der Waals surface area contributed by atoms with Gasteiger partial charge in [0.15, 0.2) is 6.61 Å². The third-order valence-electron chi connectivity index (χ3n) is 5.62. The Hall–Kier alpha value is -2.61. The van der Waals surface area contributed by atoms with Crippen LogP contribution in [0.4, 0.5) is 10.5 Å². The van der Waals surface area contributed by atoms with Crippen LogP contribution < -0.4 is 10.6 Å². The molecule has 2 atom stereocenters. The number of esters is 1. The number of anilines is 1.